The maximum Gasteiger partial charge on any atom is 0.239 e. The summed E-state index contributed by atoms with van der Waals surface area (Å²) < 4.78 is 4.91. The van der Waals surface area contributed by atoms with E-state index in [0.717, 1.165) is 31.9 Å². The molecule has 1 amide bonds. The number of ether oxygens (including phenoxy) is 1. The van der Waals surface area contributed by atoms with Gasteiger partial charge < -0.3 is 20.3 Å². The molecule has 144 valence electrons. The summed E-state index contributed by atoms with van der Waals surface area (Å²) in [5.41, 5.74) is 2.70. The number of piperidine rings is 1. The maximum absolute atomic E-state index is 11.8. The van der Waals surface area contributed by atoms with Gasteiger partial charge in [0.1, 0.15) is 0 Å². The van der Waals surface area contributed by atoms with Crippen LogP contribution in [0.4, 0.5) is 0 Å². The Kier molecular flexibility index (Phi) is 11.0. The average molecular weight is 472 g/mol. The number of guanidine groups is 1. The van der Waals surface area contributed by atoms with Gasteiger partial charge >= 0.3 is 0 Å². The zero-order valence-electron chi connectivity index (χ0n) is 15.5. The molecule has 1 aliphatic heterocycles. The average Bonchev–Trinajstić information content (AvgIpc) is 2.64. The zero-order chi connectivity index (χ0) is 17.9. The summed E-state index contributed by atoms with van der Waals surface area (Å²) in [6.07, 6.45) is 4.29. The fraction of sp³-hybridized carbons (Fsp3) is 0.474. The minimum Gasteiger partial charge on any atom is -0.383 e. The van der Waals surface area contributed by atoms with Crippen LogP contribution in [0.2, 0.25) is 0 Å². The highest BCUT2D eigenvalue weighted by Crippen LogP contribution is 2.19. The molecule has 0 radical (unpaired) electrons. The Balaban J connectivity index is 0.00000338. The highest BCUT2D eigenvalue weighted by Gasteiger charge is 2.17. The fourth-order valence-electron chi connectivity index (χ4n) is 2.78. The summed E-state index contributed by atoms with van der Waals surface area (Å²) in [6.45, 7) is 3.07. The van der Waals surface area contributed by atoms with Gasteiger partial charge in [0.05, 0.1) is 13.2 Å². The van der Waals surface area contributed by atoms with Gasteiger partial charge in [0.2, 0.25) is 5.91 Å². The number of carbonyl (C=O) groups excluding carboxylic acids is 1. The van der Waals surface area contributed by atoms with Gasteiger partial charge in [-0.3, -0.25) is 9.79 Å². The van der Waals surface area contributed by atoms with Crippen molar-refractivity contribution in [2.75, 3.05) is 46.9 Å². The number of amides is 1. The standard InChI is InChI=1S/C19H28N4O2.HI/c1-20-19(22-15-18(24)21-10-13-25-2)23-11-8-17(9-12-23)14-16-6-4-3-5-7-16;/h3-7,14H,8-13,15H2,1-2H3,(H,20,22)(H,21,24);1H. The van der Waals surface area contributed by atoms with Crippen LogP contribution in [0.15, 0.2) is 40.9 Å². The molecular formula is C19H29IN4O2. The number of benzene rings is 1. The molecular weight excluding hydrogens is 443 g/mol. The summed E-state index contributed by atoms with van der Waals surface area (Å²) in [5.74, 6) is 0.723. The quantitative estimate of drug-likeness (QED) is 0.288. The molecule has 26 heavy (non-hydrogen) atoms. The molecule has 0 aromatic heterocycles. The van der Waals surface area contributed by atoms with Gasteiger partial charge in [0, 0.05) is 33.8 Å². The summed E-state index contributed by atoms with van der Waals surface area (Å²) in [6, 6.07) is 10.4. The largest absolute Gasteiger partial charge is 0.383 e. The Morgan fingerprint density at radius 2 is 1.92 bits per heavy atom. The third kappa shape index (κ3) is 7.74. The van der Waals surface area contributed by atoms with E-state index in [1.807, 2.05) is 6.07 Å². The van der Waals surface area contributed by atoms with Crippen LogP contribution < -0.4 is 10.6 Å². The van der Waals surface area contributed by atoms with Crippen LogP contribution in [0.1, 0.15) is 18.4 Å². The number of aliphatic imine (C=N–C) groups is 1. The van der Waals surface area contributed by atoms with Gasteiger partial charge in [-0.1, -0.05) is 42.0 Å². The zero-order valence-corrected chi connectivity index (χ0v) is 17.9. The first-order valence-corrected chi connectivity index (χ1v) is 8.68. The van der Waals surface area contributed by atoms with Crippen molar-refractivity contribution in [1.29, 1.82) is 0 Å². The van der Waals surface area contributed by atoms with Gasteiger partial charge in [0.15, 0.2) is 5.96 Å². The number of hydrogen-bond acceptors (Lipinski definition) is 3. The van der Waals surface area contributed by atoms with Crippen molar-refractivity contribution in [2.24, 2.45) is 4.99 Å². The van der Waals surface area contributed by atoms with E-state index in [1.165, 1.54) is 11.1 Å². The van der Waals surface area contributed by atoms with Gasteiger partial charge in [-0.15, -0.1) is 24.0 Å². The summed E-state index contributed by atoms with van der Waals surface area (Å²) in [5, 5.41) is 5.93. The first-order chi connectivity index (χ1) is 12.2. The van der Waals surface area contributed by atoms with E-state index in [1.54, 1.807) is 14.2 Å². The van der Waals surface area contributed by atoms with Crippen molar-refractivity contribution in [3.63, 3.8) is 0 Å². The highest BCUT2D eigenvalue weighted by atomic mass is 127. The van der Waals surface area contributed by atoms with E-state index in [-0.39, 0.29) is 36.4 Å². The predicted molar refractivity (Wildman–Crippen MR) is 117 cm³/mol. The Labute approximate surface area is 173 Å². The Morgan fingerprint density at radius 3 is 2.54 bits per heavy atom. The van der Waals surface area contributed by atoms with E-state index in [9.17, 15) is 4.79 Å². The molecule has 0 saturated carbocycles. The molecule has 1 aromatic carbocycles. The molecule has 0 atom stereocenters. The van der Waals surface area contributed by atoms with Crippen LogP contribution >= 0.6 is 24.0 Å². The lowest BCUT2D eigenvalue weighted by Gasteiger charge is -2.31. The lowest BCUT2D eigenvalue weighted by molar-refractivity contribution is -0.120. The highest BCUT2D eigenvalue weighted by molar-refractivity contribution is 14.0. The molecule has 1 fully saturated rings. The minimum atomic E-state index is -0.0557. The second-order valence-corrected chi connectivity index (χ2v) is 5.94. The van der Waals surface area contributed by atoms with E-state index < -0.39 is 0 Å². The predicted octanol–water partition coefficient (Wildman–Crippen LogP) is 2.12. The molecule has 1 aromatic rings. The van der Waals surface area contributed by atoms with Crippen LogP contribution in [0.5, 0.6) is 0 Å². The number of carbonyl (C=O) groups is 1. The van der Waals surface area contributed by atoms with Gasteiger partial charge in [-0.25, -0.2) is 0 Å². The van der Waals surface area contributed by atoms with Gasteiger partial charge in [0.25, 0.3) is 0 Å². The third-order valence-corrected chi connectivity index (χ3v) is 4.12. The lowest BCUT2D eigenvalue weighted by atomic mass is 10.0. The fourth-order valence-corrected chi connectivity index (χ4v) is 2.78. The summed E-state index contributed by atoms with van der Waals surface area (Å²) >= 11 is 0. The van der Waals surface area contributed by atoms with Crippen LogP contribution in [0, 0.1) is 0 Å². The summed E-state index contributed by atoms with van der Waals surface area (Å²) in [4.78, 5) is 18.3. The Bertz CT molecular complexity index is 595. The minimum absolute atomic E-state index is 0. The van der Waals surface area contributed by atoms with E-state index in [0.29, 0.717) is 13.2 Å². The second-order valence-electron chi connectivity index (χ2n) is 5.94. The molecule has 7 heteroatoms. The molecule has 2 N–H and O–H groups in total. The molecule has 2 rings (SSSR count). The number of likely N-dealkylation sites (tertiary alicyclic amines) is 1. The first kappa shape index (κ1) is 22.4. The van der Waals surface area contributed by atoms with Crippen molar-refractivity contribution >= 4 is 41.9 Å². The molecule has 0 unspecified atom stereocenters. The van der Waals surface area contributed by atoms with Crippen molar-refractivity contribution in [3.05, 3.63) is 41.5 Å². The molecule has 1 heterocycles. The lowest BCUT2D eigenvalue weighted by Crippen LogP contribution is -2.47. The number of hydrogen-bond donors (Lipinski definition) is 2. The summed E-state index contributed by atoms with van der Waals surface area (Å²) in [7, 11) is 3.36. The molecule has 6 nitrogen and oxygen atoms in total. The number of nitrogens with one attached hydrogen (secondary N) is 2. The molecule has 1 saturated heterocycles. The van der Waals surface area contributed by atoms with Crippen LogP contribution in [0.3, 0.4) is 0 Å². The molecule has 1 aliphatic rings. The first-order valence-electron chi connectivity index (χ1n) is 8.68. The van der Waals surface area contributed by atoms with Gasteiger partial charge in [-0.05, 0) is 18.4 Å². The van der Waals surface area contributed by atoms with Crippen LogP contribution in [-0.2, 0) is 9.53 Å². The molecule has 0 aliphatic carbocycles. The molecule has 0 bridgehead atoms. The topological polar surface area (TPSA) is 66.0 Å². The van der Waals surface area contributed by atoms with Crippen LogP contribution in [-0.4, -0.2) is 63.7 Å². The van der Waals surface area contributed by atoms with Crippen molar-refractivity contribution in [1.82, 2.24) is 15.5 Å². The normalized spacial score (nSPS) is 14.5. The number of rotatable bonds is 6. The Morgan fingerprint density at radius 1 is 1.23 bits per heavy atom. The van der Waals surface area contributed by atoms with Gasteiger partial charge in [-0.2, -0.15) is 0 Å². The Hall–Kier alpha value is -1.61. The van der Waals surface area contributed by atoms with Crippen LogP contribution in [0.25, 0.3) is 6.08 Å². The SMILES string of the molecule is CN=C(NCC(=O)NCCOC)N1CCC(=Cc2ccccc2)CC1.I. The number of halogens is 1. The monoisotopic (exact) mass is 472 g/mol. The molecule has 0 spiro atoms. The van der Waals surface area contributed by atoms with Crippen molar-refractivity contribution in [2.45, 2.75) is 12.8 Å². The maximum atomic E-state index is 11.8. The number of nitrogens with zero attached hydrogens (tertiary/aromatic N) is 2. The third-order valence-electron chi connectivity index (χ3n) is 4.12. The number of methoxy groups -OCH3 is 1. The van der Waals surface area contributed by atoms with E-state index >= 15 is 0 Å². The smallest absolute Gasteiger partial charge is 0.239 e. The van der Waals surface area contributed by atoms with Crippen molar-refractivity contribution < 1.29 is 9.53 Å². The van der Waals surface area contributed by atoms with Crippen molar-refractivity contribution in [3.8, 4) is 0 Å². The van der Waals surface area contributed by atoms with E-state index in [2.05, 4.69) is 50.9 Å². The van der Waals surface area contributed by atoms with E-state index in [4.69, 9.17) is 4.74 Å². The second kappa shape index (κ2) is 12.7.